The van der Waals surface area contributed by atoms with Crippen molar-refractivity contribution in [3.63, 3.8) is 0 Å². The molecule has 0 aliphatic carbocycles. The van der Waals surface area contributed by atoms with Crippen LogP contribution in [0, 0.1) is 15.9 Å². The number of fused-ring (bicyclic) bond motifs is 1. The normalized spacial score (nSPS) is 18.1. The molecule has 1 amide bonds. The molecule has 8 heteroatoms. The molecule has 1 N–H and O–H groups in total. The molecule has 1 unspecified atom stereocenters. The molecule has 0 saturated carbocycles. The van der Waals surface area contributed by atoms with Crippen molar-refractivity contribution >= 4 is 28.7 Å². The number of nitrogens with zero attached hydrogens (tertiary/aromatic N) is 3. The highest BCUT2D eigenvalue weighted by atomic mass is 19.1. The fourth-order valence-corrected chi connectivity index (χ4v) is 4.56. The maximum absolute atomic E-state index is 13.6. The van der Waals surface area contributed by atoms with E-state index in [4.69, 9.17) is 4.99 Å². The first-order chi connectivity index (χ1) is 16.5. The minimum atomic E-state index is -0.857. The fraction of sp³-hybridized carbons (Fsp3) is 0.231. The molecule has 3 aromatic rings. The van der Waals surface area contributed by atoms with Gasteiger partial charge in [0.2, 0.25) is 5.91 Å². The predicted octanol–water partition coefficient (Wildman–Crippen LogP) is 5.19. The maximum atomic E-state index is 13.6. The van der Waals surface area contributed by atoms with E-state index < -0.39 is 16.7 Å². The third-order valence-corrected chi connectivity index (χ3v) is 6.28. The summed E-state index contributed by atoms with van der Waals surface area (Å²) >= 11 is 0. The summed E-state index contributed by atoms with van der Waals surface area (Å²) in [6, 6.07) is 17.9. The Balaban J connectivity index is 1.54. The van der Waals surface area contributed by atoms with Gasteiger partial charge < -0.3 is 5.32 Å². The van der Waals surface area contributed by atoms with Gasteiger partial charge in [0.1, 0.15) is 11.7 Å². The van der Waals surface area contributed by atoms with Crippen LogP contribution in [0.2, 0.25) is 0 Å². The van der Waals surface area contributed by atoms with Crippen LogP contribution >= 0.6 is 0 Å². The number of nitrogens with one attached hydrogen (secondary N) is 1. The number of hydrogen-bond donors (Lipinski definition) is 1. The Kier molecular flexibility index (Phi) is 5.90. The third-order valence-electron chi connectivity index (χ3n) is 6.28. The molecular weight excluding hydrogens is 435 g/mol. The Labute approximate surface area is 196 Å². The van der Waals surface area contributed by atoms with Crippen LogP contribution in [0.25, 0.3) is 0 Å². The number of aliphatic imine (C=N–C) groups is 1. The molecule has 1 saturated heterocycles. The molecule has 1 fully saturated rings. The average Bonchev–Trinajstić information content (AvgIpc) is 3.45. The largest absolute Gasteiger partial charge is 0.325 e. The molecule has 2 heterocycles. The highest BCUT2D eigenvalue weighted by molar-refractivity contribution is 6.24. The first-order valence-electron chi connectivity index (χ1n) is 11.2. The number of halogens is 1. The zero-order chi connectivity index (χ0) is 23.7. The smallest absolute Gasteiger partial charge is 0.269 e. The van der Waals surface area contributed by atoms with Crippen molar-refractivity contribution in [1.82, 2.24) is 4.90 Å². The van der Waals surface area contributed by atoms with Crippen LogP contribution in [0.5, 0.6) is 0 Å². The summed E-state index contributed by atoms with van der Waals surface area (Å²) in [4.78, 5) is 31.0. The van der Waals surface area contributed by atoms with Gasteiger partial charge in [0, 0.05) is 29.9 Å². The second-order valence-corrected chi connectivity index (χ2v) is 8.60. The van der Waals surface area contributed by atoms with E-state index in [1.165, 1.54) is 48.7 Å². The quantitative estimate of drug-likeness (QED) is 0.313. The summed E-state index contributed by atoms with van der Waals surface area (Å²) < 4.78 is 13.6. The Hall–Kier alpha value is -3.91. The SMILES string of the molecule is O=C1Nc2ccc([N+](=O)[O-])cc2C1C(=Nc1ccc(CN2CCCC2)cc1)c1ccc(F)cc1. The van der Waals surface area contributed by atoms with Crippen LogP contribution in [0.4, 0.5) is 21.5 Å². The third kappa shape index (κ3) is 4.45. The number of carbonyl (C=O) groups excluding carboxylic acids is 1. The first kappa shape index (κ1) is 21.9. The van der Waals surface area contributed by atoms with Gasteiger partial charge in [-0.2, -0.15) is 0 Å². The molecule has 1 atom stereocenters. The lowest BCUT2D eigenvalue weighted by Gasteiger charge is -2.15. The predicted molar refractivity (Wildman–Crippen MR) is 128 cm³/mol. The summed E-state index contributed by atoms with van der Waals surface area (Å²) in [7, 11) is 0. The van der Waals surface area contributed by atoms with E-state index in [0.29, 0.717) is 28.2 Å². The van der Waals surface area contributed by atoms with Crippen LogP contribution in [-0.2, 0) is 11.3 Å². The van der Waals surface area contributed by atoms with Gasteiger partial charge in [0.05, 0.1) is 16.3 Å². The van der Waals surface area contributed by atoms with E-state index >= 15 is 0 Å². The standard InChI is InChI=1S/C26H23FN4O3/c27-19-7-5-18(6-8-19)25(24-22-15-21(31(33)34)11-12-23(22)29-26(24)32)28-20-9-3-17(4-10-20)16-30-13-1-2-14-30/h3-12,15,24H,1-2,13-14,16H2,(H,29,32). The molecule has 2 aliphatic heterocycles. The Morgan fingerprint density at radius 3 is 2.44 bits per heavy atom. The molecule has 2 aliphatic rings. The van der Waals surface area contributed by atoms with Gasteiger partial charge in [-0.15, -0.1) is 0 Å². The van der Waals surface area contributed by atoms with Gasteiger partial charge in [-0.1, -0.05) is 24.3 Å². The van der Waals surface area contributed by atoms with Crippen LogP contribution in [0.3, 0.4) is 0 Å². The van der Waals surface area contributed by atoms with Crippen molar-refractivity contribution in [2.24, 2.45) is 4.99 Å². The highest BCUT2D eigenvalue weighted by Crippen LogP contribution is 2.38. The zero-order valence-corrected chi connectivity index (χ0v) is 18.4. The molecule has 34 heavy (non-hydrogen) atoms. The molecule has 7 nitrogen and oxygen atoms in total. The van der Waals surface area contributed by atoms with Gasteiger partial charge in [0.25, 0.3) is 5.69 Å². The molecule has 0 spiro atoms. The lowest BCUT2D eigenvalue weighted by molar-refractivity contribution is -0.384. The van der Waals surface area contributed by atoms with Gasteiger partial charge in [-0.25, -0.2) is 4.39 Å². The summed E-state index contributed by atoms with van der Waals surface area (Å²) in [5.41, 5.74) is 3.69. The fourth-order valence-electron chi connectivity index (χ4n) is 4.56. The maximum Gasteiger partial charge on any atom is 0.269 e. The number of benzene rings is 3. The monoisotopic (exact) mass is 458 g/mol. The average molecular weight is 458 g/mol. The number of rotatable bonds is 6. The lowest BCUT2D eigenvalue weighted by Crippen LogP contribution is -2.22. The Morgan fingerprint density at radius 1 is 1.06 bits per heavy atom. The zero-order valence-electron chi connectivity index (χ0n) is 18.4. The molecule has 3 aromatic carbocycles. The van der Waals surface area contributed by atoms with Gasteiger partial charge in [-0.05, 0) is 67.4 Å². The lowest BCUT2D eigenvalue weighted by atomic mass is 9.90. The minimum Gasteiger partial charge on any atom is -0.325 e. The van der Waals surface area contributed by atoms with Crippen molar-refractivity contribution in [3.05, 3.63) is 99.4 Å². The second kappa shape index (κ2) is 9.15. The highest BCUT2D eigenvalue weighted by Gasteiger charge is 2.36. The molecule has 0 bridgehead atoms. The number of amides is 1. The van der Waals surface area contributed by atoms with Gasteiger partial charge in [-0.3, -0.25) is 24.8 Å². The topological polar surface area (TPSA) is 87.8 Å². The van der Waals surface area contributed by atoms with Crippen molar-refractivity contribution in [2.45, 2.75) is 25.3 Å². The Morgan fingerprint density at radius 2 is 1.76 bits per heavy atom. The van der Waals surface area contributed by atoms with E-state index in [-0.39, 0.29) is 11.6 Å². The molecule has 0 aromatic heterocycles. The summed E-state index contributed by atoms with van der Waals surface area (Å²) in [6.45, 7) is 3.10. The molecule has 172 valence electrons. The number of carbonyl (C=O) groups is 1. The van der Waals surface area contributed by atoms with Gasteiger partial charge in [0.15, 0.2) is 0 Å². The number of nitro groups is 1. The van der Waals surface area contributed by atoms with Crippen LogP contribution < -0.4 is 5.32 Å². The van der Waals surface area contributed by atoms with E-state index in [0.717, 1.165) is 19.6 Å². The Bertz CT molecular complexity index is 1270. The number of anilines is 1. The molecule has 5 rings (SSSR count). The second-order valence-electron chi connectivity index (χ2n) is 8.60. The van der Waals surface area contributed by atoms with Crippen LogP contribution in [-0.4, -0.2) is 34.5 Å². The molecular formula is C26H23FN4O3. The van der Waals surface area contributed by atoms with E-state index in [9.17, 15) is 19.3 Å². The first-order valence-corrected chi connectivity index (χ1v) is 11.2. The molecule has 0 radical (unpaired) electrons. The van der Waals surface area contributed by atoms with Gasteiger partial charge >= 0.3 is 0 Å². The summed E-state index contributed by atoms with van der Waals surface area (Å²) in [5.74, 6) is -1.59. The van der Waals surface area contributed by atoms with Crippen molar-refractivity contribution in [3.8, 4) is 0 Å². The van der Waals surface area contributed by atoms with Crippen LogP contribution in [0.15, 0.2) is 71.7 Å². The number of likely N-dealkylation sites (tertiary alicyclic amines) is 1. The van der Waals surface area contributed by atoms with E-state index in [1.54, 1.807) is 12.1 Å². The van der Waals surface area contributed by atoms with E-state index in [1.807, 2.05) is 24.3 Å². The summed E-state index contributed by atoms with van der Waals surface area (Å²) in [5, 5.41) is 14.1. The van der Waals surface area contributed by atoms with E-state index in [2.05, 4.69) is 10.2 Å². The number of non-ortho nitro benzene ring substituents is 1. The summed E-state index contributed by atoms with van der Waals surface area (Å²) in [6.07, 6.45) is 2.46. The van der Waals surface area contributed by atoms with Crippen molar-refractivity contribution < 1.29 is 14.1 Å². The minimum absolute atomic E-state index is 0.107. The van der Waals surface area contributed by atoms with Crippen molar-refractivity contribution in [2.75, 3.05) is 18.4 Å². The number of nitro benzene ring substituents is 1. The van der Waals surface area contributed by atoms with Crippen LogP contribution in [0.1, 0.15) is 35.4 Å². The van der Waals surface area contributed by atoms with Crippen molar-refractivity contribution in [1.29, 1.82) is 0 Å². The number of hydrogen-bond acceptors (Lipinski definition) is 5.